The van der Waals surface area contributed by atoms with Gasteiger partial charge in [-0.15, -0.1) is 0 Å². The number of nitrogens with one attached hydrogen (secondary N) is 3. The number of hydrogen-bond donors (Lipinski definition) is 3. The minimum absolute atomic E-state index is 0.118. The minimum Gasteiger partial charge on any atom is -0.336 e. The molecule has 25 heavy (non-hydrogen) atoms. The first-order chi connectivity index (χ1) is 12.2. The molecule has 0 aliphatic carbocycles. The van der Waals surface area contributed by atoms with E-state index in [4.69, 9.17) is 0 Å². The fraction of sp³-hybridized carbons (Fsp3) is 0.158. The molecule has 0 unspecified atom stereocenters. The van der Waals surface area contributed by atoms with Gasteiger partial charge in [0.1, 0.15) is 0 Å². The maximum Gasteiger partial charge on any atom is 0.321 e. The molecule has 0 bridgehead atoms. The molecule has 4 amide bonds. The lowest BCUT2D eigenvalue weighted by atomic mass is 10.2. The molecule has 6 nitrogen and oxygen atoms in total. The molecule has 1 aliphatic heterocycles. The summed E-state index contributed by atoms with van der Waals surface area (Å²) in [5, 5.41) is 8.30. The van der Waals surface area contributed by atoms with E-state index in [1.807, 2.05) is 54.6 Å². The van der Waals surface area contributed by atoms with Crippen LogP contribution in [0.4, 0.5) is 21.0 Å². The van der Waals surface area contributed by atoms with Gasteiger partial charge in [0, 0.05) is 31.0 Å². The Balaban J connectivity index is 1.51. The van der Waals surface area contributed by atoms with E-state index in [0.29, 0.717) is 25.3 Å². The van der Waals surface area contributed by atoms with E-state index in [1.54, 1.807) is 17.0 Å². The van der Waals surface area contributed by atoms with Crippen LogP contribution in [0, 0.1) is 0 Å². The molecule has 2 aromatic rings. The van der Waals surface area contributed by atoms with Gasteiger partial charge >= 0.3 is 12.1 Å². The van der Waals surface area contributed by atoms with Gasteiger partial charge in [-0.25, -0.2) is 9.59 Å². The number of carbonyl (C=O) groups excluding carboxylic acids is 2. The lowest BCUT2D eigenvalue weighted by molar-refractivity contribution is 0.251. The Morgan fingerprint density at radius 3 is 2.76 bits per heavy atom. The van der Waals surface area contributed by atoms with E-state index in [-0.39, 0.29) is 12.1 Å². The Morgan fingerprint density at radius 2 is 2.00 bits per heavy atom. The molecule has 6 heteroatoms. The average molecular weight is 336 g/mol. The summed E-state index contributed by atoms with van der Waals surface area (Å²) in [4.78, 5) is 25.3. The minimum atomic E-state index is -0.291. The third kappa shape index (κ3) is 4.60. The maximum absolute atomic E-state index is 12.0. The van der Waals surface area contributed by atoms with Gasteiger partial charge in [0.05, 0.1) is 0 Å². The van der Waals surface area contributed by atoms with E-state index in [0.717, 1.165) is 11.3 Å². The van der Waals surface area contributed by atoms with Crippen molar-refractivity contribution in [3.8, 4) is 0 Å². The van der Waals surface area contributed by atoms with Gasteiger partial charge in [0.2, 0.25) is 0 Å². The van der Waals surface area contributed by atoms with Crippen molar-refractivity contribution in [1.82, 2.24) is 10.6 Å². The van der Waals surface area contributed by atoms with Gasteiger partial charge in [-0.2, -0.15) is 0 Å². The molecule has 0 aromatic heterocycles. The Bertz CT molecular complexity index is 774. The SMILES string of the molecule is O=C(NC/C=C\c1ccccc1)Nc1cccc(N2CCNC2=O)c1. The molecule has 0 spiro atoms. The van der Waals surface area contributed by atoms with Crippen LogP contribution < -0.4 is 20.9 Å². The molecular formula is C19H20N4O2. The molecule has 0 radical (unpaired) electrons. The highest BCUT2D eigenvalue weighted by Crippen LogP contribution is 2.20. The Kier molecular flexibility index (Phi) is 5.31. The van der Waals surface area contributed by atoms with E-state index in [2.05, 4.69) is 16.0 Å². The van der Waals surface area contributed by atoms with Crippen LogP contribution in [-0.2, 0) is 0 Å². The van der Waals surface area contributed by atoms with Crippen LogP contribution >= 0.6 is 0 Å². The molecular weight excluding hydrogens is 316 g/mol. The normalized spacial score (nSPS) is 13.8. The summed E-state index contributed by atoms with van der Waals surface area (Å²) in [5.74, 6) is 0. The van der Waals surface area contributed by atoms with Gasteiger partial charge in [0.25, 0.3) is 0 Å². The largest absolute Gasteiger partial charge is 0.336 e. The summed E-state index contributed by atoms with van der Waals surface area (Å²) < 4.78 is 0. The van der Waals surface area contributed by atoms with Crippen LogP contribution in [0.3, 0.4) is 0 Å². The average Bonchev–Trinajstić information content (AvgIpc) is 3.06. The zero-order chi connectivity index (χ0) is 17.5. The number of anilines is 2. The highest BCUT2D eigenvalue weighted by Gasteiger charge is 2.21. The highest BCUT2D eigenvalue weighted by atomic mass is 16.2. The molecule has 1 saturated heterocycles. The molecule has 2 aromatic carbocycles. The molecule has 0 saturated carbocycles. The summed E-state index contributed by atoms with van der Waals surface area (Å²) >= 11 is 0. The lowest BCUT2D eigenvalue weighted by Crippen LogP contribution is -2.29. The number of nitrogens with zero attached hydrogens (tertiary/aromatic N) is 1. The highest BCUT2D eigenvalue weighted by molar-refractivity contribution is 5.95. The van der Waals surface area contributed by atoms with Crippen LogP contribution in [0.25, 0.3) is 6.08 Å². The third-order valence-corrected chi connectivity index (χ3v) is 3.76. The Morgan fingerprint density at radius 1 is 1.16 bits per heavy atom. The van der Waals surface area contributed by atoms with Gasteiger partial charge in [0.15, 0.2) is 0 Å². The molecule has 3 N–H and O–H groups in total. The van der Waals surface area contributed by atoms with Gasteiger partial charge in [-0.05, 0) is 23.8 Å². The second-order valence-corrected chi connectivity index (χ2v) is 5.58. The van der Waals surface area contributed by atoms with Gasteiger partial charge in [-0.3, -0.25) is 4.90 Å². The van der Waals surface area contributed by atoms with Crippen molar-refractivity contribution in [2.45, 2.75) is 0 Å². The van der Waals surface area contributed by atoms with E-state index in [9.17, 15) is 9.59 Å². The summed E-state index contributed by atoms with van der Waals surface area (Å²) in [6, 6.07) is 16.7. The number of benzene rings is 2. The molecule has 1 fully saturated rings. The third-order valence-electron chi connectivity index (χ3n) is 3.76. The van der Waals surface area contributed by atoms with Crippen LogP contribution in [0.2, 0.25) is 0 Å². The van der Waals surface area contributed by atoms with Crippen LogP contribution in [0.5, 0.6) is 0 Å². The number of hydrogen-bond acceptors (Lipinski definition) is 2. The zero-order valence-corrected chi connectivity index (χ0v) is 13.7. The fourth-order valence-electron chi connectivity index (χ4n) is 2.56. The number of carbonyl (C=O) groups is 2. The van der Waals surface area contributed by atoms with E-state index < -0.39 is 0 Å². The van der Waals surface area contributed by atoms with E-state index in [1.165, 1.54) is 0 Å². The second kappa shape index (κ2) is 8.01. The summed E-state index contributed by atoms with van der Waals surface area (Å²) in [6.45, 7) is 1.68. The summed E-state index contributed by atoms with van der Waals surface area (Å²) in [5.41, 5.74) is 2.49. The molecule has 1 heterocycles. The quantitative estimate of drug-likeness (QED) is 0.785. The Hall–Kier alpha value is -3.28. The zero-order valence-electron chi connectivity index (χ0n) is 13.7. The fourth-order valence-corrected chi connectivity index (χ4v) is 2.56. The predicted octanol–water partition coefficient (Wildman–Crippen LogP) is 3.05. The molecule has 1 aliphatic rings. The van der Waals surface area contributed by atoms with E-state index >= 15 is 0 Å². The smallest absolute Gasteiger partial charge is 0.321 e. The maximum atomic E-state index is 12.0. The van der Waals surface area contributed by atoms with Crippen molar-refractivity contribution >= 4 is 29.5 Å². The first-order valence-electron chi connectivity index (χ1n) is 8.14. The monoisotopic (exact) mass is 336 g/mol. The second-order valence-electron chi connectivity index (χ2n) is 5.58. The van der Waals surface area contributed by atoms with Crippen molar-refractivity contribution in [1.29, 1.82) is 0 Å². The van der Waals surface area contributed by atoms with Crippen molar-refractivity contribution in [2.75, 3.05) is 29.9 Å². The van der Waals surface area contributed by atoms with Crippen molar-refractivity contribution in [2.24, 2.45) is 0 Å². The first-order valence-corrected chi connectivity index (χ1v) is 8.14. The number of rotatable bonds is 5. The lowest BCUT2D eigenvalue weighted by Gasteiger charge is -2.15. The molecule has 3 rings (SSSR count). The first kappa shape index (κ1) is 16.6. The summed E-state index contributed by atoms with van der Waals surface area (Å²) in [7, 11) is 0. The van der Waals surface area contributed by atoms with Crippen molar-refractivity contribution in [3.63, 3.8) is 0 Å². The predicted molar refractivity (Wildman–Crippen MR) is 99.7 cm³/mol. The standard InChI is InChI=1S/C19H20N4O2/c24-18(20-11-5-8-15-6-2-1-3-7-15)22-16-9-4-10-17(14-16)23-13-12-21-19(23)25/h1-10,14H,11-13H2,(H,21,25)(H2,20,22,24)/b8-5-. The topological polar surface area (TPSA) is 73.5 Å². The van der Waals surface area contributed by atoms with Crippen molar-refractivity contribution in [3.05, 3.63) is 66.2 Å². The van der Waals surface area contributed by atoms with Crippen molar-refractivity contribution < 1.29 is 9.59 Å². The Labute approximate surface area is 146 Å². The van der Waals surface area contributed by atoms with Gasteiger partial charge < -0.3 is 16.0 Å². The number of amides is 4. The summed E-state index contributed by atoms with van der Waals surface area (Å²) in [6.07, 6.45) is 3.84. The van der Waals surface area contributed by atoms with Crippen LogP contribution in [-0.4, -0.2) is 31.7 Å². The van der Waals surface area contributed by atoms with Gasteiger partial charge in [-0.1, -0.05) is 48.6 Å². The molecule has 128 valence electrons. The van der Waals surface area contributed by atoms with Crippen LogP contribution in [0.15, 0.2) is 60.7 Å². The molecule has 0 atom stereocenters. The number of urea groups is 2. The van der Waals surface area contributed by atoms with Crippen LogP contribution in [0.1, 0.15) is 5.56 Å².